The van der Waals surface area contributed by atoms with E-state index < -0.39 is 44.1 Å². The first kappa shape index (κ1) is 36.9. The molecule has 48 heavy (non-hydrogen) atoms. The van der Waals surface area contributed by atoms with Crippen LogP contribution in [-0.2, 0) is 21.0 Å². The van der Waals surface area contributed by atoms with Crippen molar-refractivity contribution < 1.29 is 55.7 Å². The smallest absolute Gasteiger partial charge is 0.416 e. The first-order valence-electron chi connectivity index (χ1n) is 15.3. The number of piperidine rings is 1. The summed E-state index contributed by atoms with van der Waals surface area (Å²) in [4.78, 5) is 41.6. The van der Waals surface area contributed by atoms with Crippen molar-refractivity contribution in [2.75, 3.05) is 58.3 Å². The van der Waals surface area contributed by atoms with Crippen molar-refractivity contribution in [3.63, 3.8) is 0 Å². The van der Waals surface area contributed by atoms with Gasteiger partial charge in [0.2, 0.25) is 0 Å². The van der Waals surface area contributed by atoms with Gasteiger partial charge >= 0.3 is 12.2 Å². The molecule has 0 bridgehead atoms. The number of hydrogen-bond donors (Lipinski definition) is 4. The third-order valence-electron chi connectivity index (χ3n) is 8.60. The van der Waals surface area contributed by atoms with Gasteiger partial charge < -0.3 is 29.9 Å². The number of rotatable bonds is 15. The molecule has 2 heterocycles. The lowest BCUT2D eigenvalue weighted by Gasteiger charge is -2.37. The molecule has 2 aliphatic rings. The van der Waals surface area contributed by atoms with Crippen LogP contribution in [-0.4, -0.2) is 105 Å². The number of ketones is 1. The standard InChI is InChI=1S/C31H39F3N4O9S/c1-46-26-16-27(47-2)24(36-48(44,45)22-8-6-21(7-9-22)31(32,33)34)15-23(26)25(41)5-3-4-12-37-13-10-30(11-14-37)28(42)38(29(43)35-30)17-20(18-39)19-40/h6-9,15-16,20,36,39-40H,3-5,10-14,17-19H2,1-2H3,(H,35,43). The number of carbonyl (C=O) groups excluding carboxylic acids is 3. The fourth-order valence-electron chi connectivity index (χ4n) is 5.75. The number of hydrogen-bond acceptors (Lipinski definition) is 10. The number of aliphatic hydroxyl groups excluding tert-OH is 2. The molecular weight excluding hydrogens is 661 g/mol. The zero-order valence-corrected chi connectivity index (χ0v) is 27.3. The zero-order chi connectivity index (χ0) is 35.3. The van der Waals surface area contributed by atoms with Crippen molar-refractivity contribution in [3.05, 3.63) is 47.5 Å². The first-order valence-corrected chi connectivity index (χ1v) is 16.7. The molecule has 1 spiro atoms. The first-order chi connectivity index (χ1) is 22.7. The van der Waals surface area contributed by atoms with Crippen LogP contribution < -0.4 is 19.5 Å². The molecule has 2 aromatic rings. The van der Waals surface area contributed by atoms with Crippen molar-refractivity contribution in [2.45, 2.75) is 48.7 Å². The van der Waals surface area contributed by atoms with Crippen LogP contribution in [0.25, 0.3) is 0 Å². The average molecular weight is 701 g/mol. The van der Waals surface area contributed by atoms with Crippen LogP contribution in [0.2, 0.25) is 0 Å². The van der Waals surface area contributed by atoms with E-state index in [1.54, 1.807) is 0 Å². The number of Topliss-reactive ketones (excluding diaryl/α,β-unsaturated/α-hetero) is 1. The number of sulfonamides is 1. The number of imide groups is 1. The molecule has 2 fully saturated rings. The molecular formula is C31H39F3N4O9S. The van der Waals surface area contributed by atoms with E-state index in [0.29, 0.717) is 57.5 Å². The highest BCUT2D eigenvalue weighted by atomic mass is 32.2. The van der Waals surface area contributed by atoms with Crippen molar-refractivity contribution in [1.29, 1.82) is 0 Å². The van der Waals surface area contributed by atoms with Crippen molar-refractivity contribution in [3.8, 4) is 11.5 Å². The van der Waals surface area contributed by atoms with E-state index in [2.05, 4.69) is 14.9 Å². The molecule has 0 saturated carbocycles. The maximum Gasteiger partial charge on any atom is 0.416 e. The molecule has 17 heteroatoms. The van der Waals surface area contributed by atoms with Crippen molar-refractivity contribution >= 4 is 33.4 Å². The topological polar surface area (TPSA) is 175 Å². The second-order valence-corrected chi connectivity index (χ2v) is 13.4. The van der Waals surface area contributed by atoms with Gasteiger partial charge in [0.1, 0.15) is 17.0 Å². The SMILES string of the molecule is COc1cc(OC)c(C(=O)CCCCN2CCC3(CC2)NC(=O)N(CC(CO)CO)C3=O)cc1NS(=O)(=O)c1ccc(C(F)(F)F)cc1. The average Bonchev–Trinajstić information content (AvgIpc) is 3.28. The number of nitrogens with zero attached hydrogens (tertiary/aromatic N) is 2. The summed E-state index contributed by atoms with van der Waals surface area (Å²) in [6, 6.07) is 5.06. The summed E-state index contributed by atoms with van der Waals surface area (Å²) in [5.41, 5.74) is -2.03. The fraction of sp³-hybridized carbons (Fsp3) is 0.516. The van der Waals surface area contributed by atoms with Crippen LogP contribution in [0, 0.1) is 5.92 Å². The van der Waals surface area contributed by atoms with Crippen LogP contribution in [0.3, 0.4) is 0 Å². The number of anilines is 1. The highest BCUT2D eigenvalue weighted by Gasteiger charge is 2.52. The van der Waals surface area contributed by atoms with Crippen molar-refractivity contribution in [1.82, 2.24) is 15.1 Å². The molecule has 2 aliphatic heterocycles. The number of nitrogens with one attached hydrogen (secondary N) is 2. The number of halogens is 3. The van der Waals surface area contributed by atoms with Gasteiger partial charge in [-0.25, -0.2) is 13.2 Å². The van der Waals surface area contributed by atoms with E-state index >= 15 is 0 Å². The highest BCUT2D eigenvalue weighted by molar-refractivity contribution is 7.92. The number of alkyl halides is 3. The molecule has 3 amide bonds. The fourth-order valence-corrected chi connectivity index (χ4v) is 6.81. The van der Waals surface area contributed by atoms with Crippen LogP contribution >= 0.6 is 0 Å². The molecule has 264 valence electrons. The van der Waals surface area contributed by atoms with Crippen LogP contribution in [0.5, 0.6) is 11.5 Å². The molecule has 0 aromatic heterocycles. The van der Waals surface area contributed by atoms with Crippen LogP contribution in [0.15, 0.2) is 41.3 Å². The Kier molecular flexibility index (Phi) is 11.6. The molecule has 13 nitrogen and oxygen atoms in total. The van der Waals surface area contributed by atoms with Gasteiger partial charge in [0.05, 0.1) is 35.9 Å². The summed E-state index contributed by atoms with van der Waals surface area (Å²) >= 11 is 0. The van der Waals surface area contributed by atoms with Gasteiger partial charge in [-0.05, 0) is 62.6 Å². The van der Waals surface area contributed by atoms with Crippen LogP contribution in [0.1, 0.15) is 48.0 Å². The largest absolute Gasteiger partial charge is 0.496 e. The van der Waals surface area contributed by atoms with Gasteiger partial charge in [-0.1, -0.05) is 0 Å². The Labute approximate surface area is 276 Å². The Morgan fingerprint density at radius 2 is 1.65 bits per heavy atom. The summed E-state index contributed by atoms with van der Waals surface area (Å²) in [5, 5.41) is 21.5. The molecule has 2 aromatic carbocycles. The molecule has 0 unspecified atom stereocenters. The molecule has 0 radical (unpaired) electrons. The number of benzene rings is 2. The third-order valence-corrected chi connectivity index (χ3v) is 9.98. The molecule has 0 aliphatic carbocycles. The second kappa shape index (κ2) is 15.1. The molecule has 2 saturated heterocycles. The van der Waals surface area contributed by atoms with Crippen LogP contribution in [0.4, 0.5) is 23.7 Å². The van der Waals surface area contributed by atoms with E-state index in [1.807, 2.05) is 0 Å². The van der Waals surface area contributed by atoms with Crippen molar-refractivity contribution in [2.24, 2.45) is 5.92 Å². The van der Waals surface area contributed by atoms with Gasteiger partial charge in [0, 0.05) is 51.3 Å². The summed E-state index contributed by atoms with van der Waals surface area (Å²) in [7, 11) is -1.73. The minimum atomic E-state index is -4.63. The van der Waals surface area contributed by atoms with E-state index in [4.69, 9.17) is 9.47 Å². The minimum Gasteiger partial charge on any atom is -0.496 e. The summed E-state index contributed by atoms with van der Waals surface area (Å²) in [5.74, 6) is -1.12. The van der Waals surface area contributed by atoms with E-state index in [0.717, 1.165) is 17.0 Å². The predicted molar refractivity (Wildman–Crippen MR) is 166 cm³/mol. The maximum atomic E-state index is 13.2. The van der Waals surface area contributed by atoms with Gasteiger partial charge in [0.15, 0.2) is 5.78 Å². The second-order valence-electron chi connectivity index (χ2n) is 11.8. The quantitative estimate of drug-likeness (QED) is 0.123. The Morgan fingerprint density at radius 3 is 2.21 bits per heavy atom. The van der Waals surface area contributed by atoms with E-state index in [9.17, 15) is 46.2 Å². The minimum absolute atomic E-state index is 0.0309. The lowest BCUT2D eigenvalue weighted by atomic mass is 9.87. The number of likely N-dealkylation sites (tertiary alicyclic amines) is 1. The number of amides is 3. The van der Waals surface area contributed by atoms with Gasteiger partial charge in [-0.3, -0.25) is 19.2 Å². The normalized spacial score (nSPS) is 16.8. The lowest BCUT2D eigenvalue weighted by molar-refractivity contribution is -0.137. The summed E-state index contributed by atoms with van der Waals surface area (Å²) in [6.45, 7) is 0.923. The van der Waals surface area contributed by atoms with E-state index in [-0.39, 0.29) is 60.6 Å². The number of aliphatic hydroxyl groups is 2. The third kappa shape index (κ3) is 8.19. The Hall–Kier alpha value is -3.93. The maximum absolute atomic E-state index is 13.2. The summed E-state index contributed by atoms with van der Waals surface area (Å²) < 4.78 is 77.7. The Balaban J connectivity index is 1.34. The monoisotopic (exact) mass is 700 g/mol. The number of methoxy groups -OCH3 is 2. The highest BCUT2D eigenvalue weighted by Crippen LogP contribution is 2.36. The zero-order valence-electron chi connectivity index (χ0n) is 26.5. The molecule has 4 N–H and O–H groups in total. The number of carbonyl (C=O) groups is 3. The number of urea groups is 1. The molecule has 0 atom stereocenters. The lowest BCUT2D eigenvalue weighted by Crippen LogP contribution is -2.55. The van der Waals surface area contributed by atoms with E-state index in [1.165, 1.54) is 26.4 Å². The predicted octanol–water partition coefficient (Wildman–Crippen LogP) is 2.86. The Morgan fingerprint density at radius 1 is 1.02 bits per heavy atom. The Bertz CT molecular complexity index is 1590. The van der Waals surface area contributed by atoms with Gasteiger partial charge in [-0.2, -0.15) is 13.2 Å². The number of unbranched alkanes of at least 4 members (excludes halogenated alkanes) is 1. The molecule has 4 rings (SSSR count). The number of ether oxygens (including phenoxy) is 2. The summed E-state index contributed by atoms with van der Waals surface area (Å²) in [6.07, 6.45) is -2.63. The van der Waals surface area contributed by atoms with Gasteiger partial charge in [-0.15, -0.1) is 0 Å². The van der Waals surface area contributed by atoms with Gasteiger partial charge in [0.25, 0.3) is 15.9 Å².